The summed E-state index contributed by atoms with van der Waals surface area (Å²) in [6, 6.07) is 0. The maximum atomic E-state index is 13.1. The van der Waals surface area contributed by atoms with E-state index >= 15 is 0 Å². The minimum absolute atomic E-state index is 2.60. The topological polar surface area (TPSA) is 86.7 Å². The van der Waals surface area contributed by atoms with Gasteiger partial charge >= 0.3 is 35.9 Å². The second-order valence-electron chi connectivity index (χ2n) is 5.09. The fourth-order valence-electron chi connectivity index (χ4n) is 2.41. The van der Waals surface area contributed by atoms with Gasteiger partial charge in [0.05, 0.1) is 0 Å². The van der Waals surface area contributed by atoms with Gasteiger partial charge in [-0.15, -0.1) is 0 Å². The first kappa shape index (κ1) is 23.0. The molecule has 20 heteroatoms. The van der Waals surface area contributed by atoms with E-state index in [0.717, 1.165) is 0 Å². The van der Waals surface area contributed by atoms with E-state index in [4.69, 9.17) is 0 Å². The average Bonchev–Trinajstić information content (AvgIpc) is 2.77. The summed E-state index contributed by atoms with van der Waals surface area (Å²) >= 11 is 0. The molecule has 2 rings (SSSR count). The zero-order valence-electron chi connectivity index (χ0n) is 11.8. The van der Waals surface area contributed by atoms with E-state index in [2.05, 4.69) is 8.37 Å². The van der Waals surface area contributed by atoms with E-state index in [1.54, 1.807) is 0 Å². The molecule has 0 spiro atoms. The predicted octanol–water partition coefficient (Wildman–Crippen LogP) is 2.64. The zero-order valence-corrected chi connectivity index (χ0v) is 13.4. The van der Waals surface area contributed by atoms with Crippen LogP contribution in [0.3, 0.4) is 0 Å². The third kappa shape index (κ3) is 2.49. The Hall–Kier alpha value is -1.28. The van der Waals surface area contributed by atoms with Crippen LogP contribution in [0.25, 0.3) is 0 Å². The van der Waals surface area contributed by atoms with Crippen molar-refractivity contribution >= 4 is 20.2 Å². The Balaban J connectivity index is 3.24. The first-order valence-corrected chi connectivity index (χ1v) is 8.65. The molecule has 2 aliphatic rings. The van der Waals surface area contributed by atoms with Crippen LogP contribution in [0.15, 0.2) is 9.81 Å². The van der Waals surface area contributed by atoms with Crippen molar-refractivity contribution in [3.63, 3.8) is 0 Å². The van der Waals surface area contributed by atoms with Crippen LogP contribution >= 0.6 is 0 Å². The van der Waals surface area contributed by atoms with Crippen LogP contribution in [-0.2, 0) is 28.6 Å². The lowest BCUT2D eigenvalue weighted by molar-refractivity contribution is -0.337. The molecule has 0 fully saturated rings. The molecular formula is C8F12O6S2. The van der Waals surface area contributed by atoms with Gasteiger partial charge in [0.1, 0.15) is 9.81 Å². The third-order valence-electron chi connectivity index (χ3n) is 3.41. The molecule has 0 unspecified atom stereocenters. The summed E-state index contributed by atoms with van der Waals surface area (Å²) in [5.74, 6) is 0. The molecule has 0 aliphatic carbocycles. The summed E-state index contributed by atoms with van der Waals surface area (Å²) in [7, 11) is -14.5. The molecule has 2 heterocycles. The van der Waals surface area contributed by atoms with E-state index in [-0.39, 0.29) is 0 Å². The smallest absolute Gasteiger partial charge is 0.234 e. The van der Waals surface area contributed by atoms with Crippen molar-refractivity contribution in [2.45, 2.75) is 35.9 Å². The summed E-state index contributed by atoms with van der Waals surface area (Å²) in [6.45, 7) is 0. The molecule has 0 aromatic rings. The van der Waals surface area contributed by atoms with E-state index < -0.39 is 66.0 Å². The SMILES string of the molecule is O=S1(=O)OC(C(F)(F)F)(C(F)(F)F)C2=C1C(C(F)(F)F)(C(F)(F)F)OS2(=O)=O. The van der Waals surface area contributed by atoms with Gasteiger partial charge in [-0.1, -0.05) is 0 Å². The lowest BCUT2D eigenvalue weighted by Crippen LogP contribution is -2.61. The van der Waals surface area contributed by atoms with E-state index in [0.29, 0.717) is 0 Å². The summed E-state index contributed by atoms with van der Waals surface area (Å²) < 4.78 is 208. The Labute approximate surface area is 144 Å². The molecule has 0 aromatic heterocycles. The average molecular weight is 484 g/mol. The number of hydrogen-bond donors (Lipinski definition) is 0. The molecule has 0 amide bonds. The largest absolute Gasteiger partial charge is 0.433 e. The predicted molar refractivity (Wildman–Crippen MR) is 56.7 cm³/mol. The Bertz CT molecular complexity index is 838. The van der Waals surface area contributed by atoms with Gasteiger partial charge in [0.2, 0.25) is 0 Å². The maximum absolute atomic E-state index is 13.1. The van der Waals surface area contributed by atoms with Crippen molar-refractivity contribution in [2.24, 2.45) is 0 Å². The normalized spacial score (nSPS) is 26.4. The molecule has 0 N–H and O–H groups in total. The van der Waals surface area contributed by atoms with Crippen molar-refractivity contribution < 1.29 is 77.9 Å². The van der Waals surface area contributed by atoms with Gasteiger partial charge in [-0.05, 0) is 0 Å². The van der Waals surface area contributed by atoms with Gasteiger partial charge in [0.15, 0.2) is 0 Å². The molecule has 0 radical (unpaired) electrons. The molecule has 2 aliphatic heterocycles. The van der Waals surface area contributed by atoms with Crippen molar-refractivity contribution in [2.75, 3.05) is 0 Å². The number of rotatable bonds is 0. The molecule has 28 heavy (non-hydrogen) atoms. The van der Waals surface area contributed by atoms with Crippen molar-refractivity contribution in [1.29, 1.82) is 0 Å². The van der Waals surface area contributed by atoms with Gasteiger partial charge in [0, 0.05) is 0 Å². The lowest BCUT2D eigenvalue weighted by Gasteiger charge is -2.34. The number of halogens is 12. The van der Waals surface area contributed by atoms with Crippen LogP contribution in [-0.4, -0.2) is 52.7 Å². The Morgan fingerprint density at radius 1 is 0.500 bits per heavy atom. The minimum Gasteiger partial charge on any atom is -0.234 e. The quantitative estimate of drug-likeness (QED) is 0.388. The van der Waals surface area contributed by atoms with Gasteiger partial charge in [-0.2, -0.15) is 69.5 Å². The highest BCUT2D eigenvalue weighted by molar-refractivity contribution is 7.96. The van der Waals surface area contributed by atoms with E-state index in [9.17, 15) is 69.5 Å². The molecule has 0 aromatic carbocycles. The van der Waals surface area contributed by atoms with Crippen LogP contribution in [0.1, 0.15) is 0 Å². The lowest BCUT2D eigenvalue weighted by atomic mass is 9.94. The molecule has 6 nitrogen and oxygen atoms in total. The number of hydrogen-bond acceptors (Lipinski definition) is 6. The summed E-state index contributed by atoms with van der Waals surface area (Å²) in [5, 5.41) is 0. The van der Waals surface area contributed by atoms with E-state index in [1.165, 1.54) is 0 Å². The summed E-state index contributed by atoms with van der Waals surface area (Å²) in [5.41, 5.74) is -13.2. The van der Waals surface area contributed by atoms with Crippen molar-refractivity contribution in [3.8, 4) is 0 Å². The fourth-order valence-corrected chi connectivity index (χ4v) is 6.49. The van der Waals surface area contributed by atoms with Crippen LogP contribution < -0.4 is 0 Å². The Kier molecular flexibility index (Phi) is 4.31. The van der Waals surface area contributed by atoms with Gasteiger partial charge in [0.25, 0.3) is 20.2 Å². The van der Waals surface area contributed by atoms with Crippen molar-refractivity contribution in [3.05, 3.63) is 9.81 Å². The fraction of sp³-hybridized carbons (Fsp3) is 0.750. The number of alkyl halides is 12. The second kappa shape index (κ2) is 5.25. The van der Waals surface area contributed by atoms with Gasteiger partial charge < -0.3 is 0 Å². The third-order valence-corrected chi connectivity index (χ3v) is 6.46. The molecule has 0 atom stereocenters. The van der Waals surface area contributed by atoms with Crippen LogP contribution in [0.5, 0.6) is 0 Å². The standard InChI is InChI=1S/C8F12O6S2/c9-5(10,11)3(6(12,13)14)1-2(28(23,24)25-3)4(7(15,16)17,8(18,19)20)26-27(1,21)22. The second-order valence-corrected chi connectivity index (χ2v) is 8.05. The first-order chi connectivity index (χ1) is 11.9. The zero-order chi connectivity index (χ0) is 22.6. The van der Waals surface area contributed by atoms with Gasteiger partial charge in [-0.25, -0.2) is 8.37 Å². The molecule has 0 saturated heterocycles. The first-order valence-electron chi connectivity index (χ1n) is 5.83. The van der Waals surface area contributed by atoms with Crippen LogP contribution in [0, 0.1) is 0 Å². The highest BCUT2D eigenvalue weighted by atomic mass is 32.2. The Morgan fingerprint density at radius 3 is 0.821 bits per heavy atom. The Morgan fingerprint density at radius 2 is 0.679 bits per heavy atom. The van der Waals surface area contributed by atoms with Crippen LogP contribution in [0.2, 0.25) is 0 Å². The highest BCUT2D eigenvalue weighted by Crippen LogP contribution is 2.67. The minimum atomic E-state index is -7.25. The van der Waals surface area contributed by atoms with Gasteiger partial charge in [-0.3, -0.25) is 0 Å². The van der Waals surface area contributed by atoms with E-state index in [1.807, 2.05) is 0 Å². The van der Waals surface area contributed by atoms with Crippen LogP contribution in [0.4, 0.5) is 52.7 Å². The molecule has 0 bridgehead atoms. The molecule has 164 valence electrons. The summed E-state index contributed by atoms with van der Waals surface area (Å²) in [4.78, 5) is -7.84. The summed E-state index contributed by atoms with van der Waals surface area (Å²) in [6.07, 6.45) is -28.8. The maximum Gasteiger partial charge on any atom is 0.433 e. The highest BCUT2D eigenvalue weighted by Gasteiger charge is 2.92. The monoisotopic (exact) mass is 484 g/mol. The molecular weight excluding hydrogens is 484 g/mol. The van der Waals surface area contributed by atoms with Crippen molar-refractivity contribution in [1.82, 2.24) is 0 Å². The molecule has 0 saturated carbocycles.